The van der Waals surface area contributed by atoms with Crippen LogP contribution in [-0.4, -0.2) is 61.4 Å². The Balaban J connectivity index is 1.34. The van der Waals surface area contributed by atoms with Crippen LogP contribution in [-0.2, 0) is 0 Å². The van der Waals surface area contributed by atoms with Crippen LogP contribution in [0.3, 0.4) is 0 Å². The molecule has 4 rings (SSSR count). The SMILES string of the molecule is O=C(NC1CC(c2cc(N3CCC(O)C3)ncn2)C1)c1ncn[nH]1. The van der Waals surface area contributed by atoms with Gasteiger partial charge >= 0.3 is 0 Å². The molecule has 0 radical (unpaired) electrons. The fourth-order valence-corrected chi connectivity index (χ4v) is 3.25. The van der Waals surface area contributed by atoms with Crippen molar-refractivity contribution in [3.8, 4) is 0 Å². The number of nitrogens with zero attached hydrogens (tertiary/aromatic N) is 5. The number of H-pyrrole nitrogens is 1. The Morgan fingerprint density at radius 2 is 2.17 bits per heavy atom. The van der Waals surface area contributed by atoms with Crippen molar-refractivity contribution in [1.82, 2.24) is 30.5 Å². The third kappa shape index (κ3) is 2.94. The summed E-state index contributed by atoms with van der Waals surface area (Å²) in [4.78, 5) is 26.5. The zero-order chi connectivity index (χ0) is 16.5. The zero-order valence-electron chi connectivity index (χ0n) is 13.1. The standard InChI is InChI=1S/C15H19N7O2/c23-11-1-2-22(6-11)13-5-12(16-7-17-13)9-3-10(4-9)20-15(24)14-18-8-19-21-14/h5,7-11,23H,1-4,6H2,(H,20,24)(H,18,19,21). The van der Waals surface area contributed by atoms with Crippen molar-refractivity contribution in [3.05, 3.63) is 30.2 Å². The Morgan fingerprint density at radius 3 is 2.88 bits per heavy atom. The maximum atomic E-state index is 11.9. The van der Waals surface area contributed by atoms with Gasteiger partial charge in [-0.25, -0.2) is 15.0 Å². The smallest absolute Gasteiger partial charge is 0.288 e. The van der Waals surface area contributed by atoms with Crippen molar-refractivity contribution in [2.75, 3.05) is 18.0 Å². The highest BCUT2D eigenvalue weighted by Gasteiger charge is 2.33. The lowest BCUT2D eigenvalue weighted by atomic mass is 9.78. The van der Waals surface area contributed by atoms with Gasteiger partial charge in [0.25, 0.3) is 5.91 Å². The van der Waals surface area contributed by atoms with E-state index in [9.17, 15) is 9.90 Å². The molecule has 2 aromatic heterocycles. The fourth-order valence-electron chi connectivity index (χ4n) is 3.25. The minimum absolute atomic E-state index is 0.125. The van der Waals surface area contributed by atoms with E-state index in [1.807, 2.05) is 6.07 Å². The molecule has 126 valence electrons. The van der Waals surface area contributed by atoms with Gasteiger partial charge in [-0.2, -0.15) is 5.10 Å². The monoisotopic (exact) mass is 329 g/mol. The minimum atomic E-state index is -0.275. The first-order chi connectivity index (χ1) is 11.7. The van der Waals surface area contributed by atoms with E-state index in [1.165, 1.54) is 6.33 Å². The number of rotatable bonds is 4. The number of anilines is 1. The summed E-state index contributed by atoms with van der Waals surface area (Å²) in [7, 11) is 0. The van der Waals surface area contributed by atoms with Gasteiger partial charge in [-0.1, -0.05) is 0 Å². The average Bonchev–Trinajstić information content (AvgIpc) is 3.22. The van der Waals surface area contributed by atoms with Crippen molar-refractivity contribution in [1.29, 1.82) is 0 Å². The second-order valence-electron chi connectivity index (χ2n) is 6.36. The third-order valence-electron chi connectivity index (χ3n) is 4.68. The maximum absolute atomic E-state index is 11.9. The largest absolute Gasteiger partial charge is 0.391 e. The van der Waals surface area contributed by atoms with Gasteiger partial charge in [0.05, 0.1) is 6.10 Å². The van der Waals surface area contributed by atoms with Gasteiger partial charge in [-0.3, -0.25) is 9.89 Å². The third-order valence-corrected chi connectivity index (χ3v) is 4.68. The summed E-state index contributed by atoms with van der Waals surface area (Å²) < 4.78 is 0. The Hall–Kier alpha value is -2.55. The number of β-amino-alcohol motifs (C(OH)–C–C–N with tert-alkyl or cyclic N) is 1. The Bertz CT molecular complexity index is 714. The van der Waals surface area contributed by atoms with Crippen molar-refractivity contribution in [2.24, 2.45) is 0 Å². The molecule has 1 amide bonds. The quantitative estimate of drug-likeness (QED) is 0.713. The number of aromatic amines is 1. The molecular weight excluding hydrogens is 310 g/mol. The van der Waals surface area contributed by atoms with Crippen LogP contribution in [0.25, 0.3) is 0 Å². The normalized spacial score (nSPS) is 26.2. The molecule has 9 heteroatoms. The first-order valence-electron chi connectivity index (χ1n) is 8.10. The number of carbonyl (C=O) groups is 1. The number of carbonyl (C=O) groups excluding carboxylic acids is 1. The van der Waals surface area contributed by atoms with E-state index >= 15 is 0 Å². The highest BCUT2D eigenvalue weighted by atomic mass is 16.3. The molecule has 1 saturated heterocycles. The molecule has 1 aliphatic carbocycles. The maximum Gasteiger partial charge on any atom is 0.288 e. The van der Waals surface area contributed by atoms with E-state index in [1.54, 1.807) is 6.33 Å². The molecule has 24 heavy (non-hydrogen) atoms. The molecule has 9 nitrogen and oxygen atoms in total. The molecule has 3 N–H and O–H groups in total. The lowest BCUT2D eigenvalue weighted by Crippen LogP contribution is -2.44. The Kier molecular flexibility index (Phi) is 3.85. The van der Waals surface area contributed by atoms with E-state index in [0.29, 0.717) is 12.5 Å². The van der Waals surface area contributed by atoms with Gasteiger partial charge in [0.15, 0.2) is 0 Å². The number of aromatic nitrogens is 5. The predicted octanol–water partition coefficient (Wildman–Crippen LogP) is -0.158. The molecule has 1 atom stereocenters. The molecule has 2 aliphatic rings. The number of nitrogens with one attached hydrogen (secondary N) is 2. The number of aliphatic hydroxyl groups excluding tert-OH is 1. The molecule has 1 unspecified atom stereocenters. The summed E-state index contributed by atoms with van der Waals surface area (Å²) in [5.74, 6) is 1.19. The number of hydrogen-bond acceptors (Lipinski definition) is 7. The molecular formula is C15H19N7O2. The van der Waals surface area contributed by atoms with Crippen molar-refractivity contribution >= 4 is 11.7 Å². The topological polar surface area (TPSA) is 120 Å². The molecule has 2 fully saturated rings. The summed E-state index contributed by atoms with van der Waals surface area (Å²) in [6, 6.07) is 2.12. The average molecular weight is 329 g/mol. The van der Waals surface area contributed by atoms with Crippen LogP contribution in [0.15, 0.2) is 18.7 Å². The Morgan fingerprint density at radius 1 is 1.29 bits per heavy atom. The van der Waals surface area contributed by atoms with E-state index in [0.717, 1.165) is 37.3 Å². The summed E-state index contributed by atoms with van der Waals surface area (Å²) >= 11 is 0. The highest BCUT2D eigenvalue weighted by molar-refractivity contribution is 5.90. The van der Waals surface area contributed by atoms with Crippen LogP contribution in [0.5, 0.6) is 0 Å². The number of amides is 1. The molecule has 1 saturated carbocycles. The fraction of sp³-hybridized carbons (Fsp3) is 0.533. The zero-order valence-corrected chi connectivity index (χ0v) is 13.1. The van der Waals surface area contributed by atoms with E-state index < -0.39 is 0 Å². The van der Waals surface area contributed by atoms with Crippen LogP contribution in [0.1, 0.15) is 41.5 Å². The highest BCUT2D eigenvalue weighted by Crippen LogP contribution is 2.36. The van der Waals surface area contributed by atoms with Gasteiger partial charge in [0.2, 0.25) is 5.82 Å². The van der Waals surface area contributed by atoms with Crippen LogP contribution in [0.4, 0.5) is 5.82 Å². The van der Waals surface area contributed by atoms with Gasteiger partial charge in [-0.05, 0) is 19.3 Å². The lowest BCUT2D eigenvalue weighted by Gasteiger charge is -2.35. The second-order valence-corrected chi connectivity index (χ2v) is 6.36. The van der Waals surface area contributed by atoms with Crippen LogP contribution in [0, 0.1) is 0 Å². The summed E-state index contributed by atoms with van der Waals surface area (Å²) in [6.45, 7) is 1.44. The van der Waals surface area contributed by atoms with Crippen LogP contribution < -0.4 is 10.2 Å². The second kappa shape index (κ2) is 6.16. The van der Waals surface area contributed by atoms with Crippen molar-refractivity contribution in [3.63, 3.8) is 0 Å². The van der Waals surface area contributed by atoms with Crippen LogP contribution in [0.2, 0.25) is 0 Å². The molecule has 0 aromatic carbocycles. The Labute approximate surface area is 138 Å². The first kappa shape index (κ1) is 15.0. The van der Waals surface area contributed by atoms with E-state index in [-0.39, 0.29) is 23.9 Å². The number of hydrogen-bond donors (Lipinski definition) is 3. The molecule has 3 heterocycles. The minimum Gasteiger partial charge on any atom is -0.391 e. The van der Waals surface area contributed by atoms with Gasteiger partial charge in [0.1, 0.15) is 18.5 Å². The molecule has 0 bridgehead atoms. The predicted molar refractivity (Wildman–Crippen MR) is 84.5 cm³/mol. The molecule has 1 aliphatic heterocycles. The summed E-state index contributed by atoms with van der Waals surface area (Å²) in [6.07, 6.45) is 5.09. The van der Waals surface area contributed by atoms with Crippen LogP contribution >= 0.6 is 0 Å². The van der Waals surface area contributed by atoms with Crippen molar-refractivity contribution < 1.29 is 9.90 Å². The van der Waals surface area contributed by atoms with Gasteiger partial charge in [-0.15, -0.1) is 0 Å². The summed E-state index contributed by atoms with van der Waals surface area (Å²) in [5.41, 5.74) is 0.992. The van der Waals surface area contributed by atoms with Crippen molar-refractivity contribution in [2.45, 2.75) is 37.3 Å². The lowest BCUT2D eigenvalue weighted by molar-refractivity contribution is 0.0898. The van der Waals surface area contributed by atoms with E-state index in [4.69, 9.17) is 0 Å². The molecule has 0 spiro atoms. The first-order valence-corrected chi connectivity index (χ1v) is 8.10. The van der Waals surface area contributed by atoms with Gasteiger partial charge in [0, 0.05) is 36.8 Å². The molecule has 2 aromatic rings. The number of aliphatic hydroxyl groups is 1. The van der Waals surface area contributed by atoms with Gasteiger partial charge < -0.3 is 15.3 Å². The summed E-state index contributed by atoms with van der Waals surface area (Å²) in [5, 5.41) is 18.8. The van der Waals surface area contributed by atoms with E-state index in [2.05, 4.69) is 35.4 Å².